The van der Waals surface area contributed by atoms with Crippen molar-refractivity contribution in [2.24, 2.45) is 11.8 Å². The molecule has 0 radical (unpaired) electrons. The fourth-order valence-corrected chi connectivity index (χ4v) is 5.21. The molecule has 3 nitrogen and oxygen atoms in total. The molecule has 2 aromatic rings. The molecule has 0 spiro atoms. The van der Waals surface area contributed by atoms with E-state index in [2.05, 4.69) is 11.8 Å². The number of carboxylic acid groups (broad SMARTS) is 1. The smallest absolute Gasteiger partial charge is 0.345 e. The highest BCUT2D eigenvalue weighted by Gasteiger charge is 2.40. The van der Waals surface area contributed by atoms with E-state index in [0.29, 0.717) is 11.3 Å². The fraction of sp³-hybridized carbons (Fsp3) is 0.421. The van der Waals surface area contributed by atoms with Crippen LogP contribution in [0.1, 0.15) is 39.4 Å². The summed E-state index contributed by atoms with van der Waals surface area (Å²) in [5.74, 6) is 5.58. The maximum Gasteiger partial charge on any atom is 0.345 e. The molecule has 6 heteroatoms. The molecule has 3 rings (SSSR count). The summed E-state index contributed by atoms with van der Waals surface area (Å²) in [6.07, 6.45) is 2.74. The van der Waals surface area contributed by atoms with E-state index in [9.17, 15) is 9.90 Å². The molecule has 1 saturated carbocycles. The first kappa shape index (κ1) is 18.5. The molecule has 1 aliphatic carbocycles. The number of rotatable bonds is 5. The first-order valence-electron chi connectivity index (χ1n) is 8.22. The molecular weight excluding hydrogens is 376 g/mol. The molecule has 0 aliphatic heterocycles. The zero-order valence-corrected chi connectivity index (χ0v) is 15.9. The van der Waals surface area contributed by atoms with Crippen LogP contribution in [0.15, 0.2) is 29.0 Å². The van der Waals surface area contributed by atoms with Crippen molar-refractivity contribution in [3.8, 4) is 11.8 Å². The third-order valence-electron chi connectivity index (χ3n) is 4.54. The number of carboxylic acids is 1. The number of carbonyl (C=O) groups is 1. The number of aliphatic hydroxyl groups excluding tert-OH is 1. The first-order chi connectivity index (χ1) is 12.0. The summed E-state index contributed by atoms with van der Waals surface area (Å²) < 4.78 is 0. The number of aromatic carboxylic acids is 1. The maximum atomic E-state index is 10.9. The van der Waals surface area contributed by atoms with E-state index in [-0.39, 0.29) is 17.2 Å². The number of hydrogen-bond acceptors (Lipinski definition) is 4. The molecular formula is C19H19ClO3S2. The fourth-order valence-electron chi connectivity index (χ4n) is 3.27. The van der Waals surface area contributed by atoms with Crippen LogP contribution in [0.3, 0.4) is 0 Å². The third kappa shape index (κ3) is 4.65. The molecule has 25 heavy (non-hydrogen) atoms. The van der Waals surface area contributed by atoms with Crippen molar-refractivity contribution in [1.82, 2.24) is 0 Å². The van der Waals surface area contributed by atoms with Crippen molar-refractivity contribution >= 4 is 40.2 Å². The van der Waals surface area contributed by atoms with E-state index < -0.39 is 12.1 Å². The van der Waals surface area contributed by atoms with Gasteiger partial charge in [-0.2, -0.15) is 11.3 Å². The van der Waals surface area contributed by atoms with Gasteiger partial charge in [0.25, 0.3) is 0 Å². The van der Waals surface area contributed by atoms with Gasteiger partial charge in [-0.15, -0.1) is 22.9 Å². The van der Waals surface area contributed by atoms with Gasteiger partial charge in [-0.1, -0.05) is 11.8 Å². The van der Waals surface area contributed by atoms with Gasteiger partial charge in [-0.05, 0) is 55.2 Å². The number of thiophene rings is 2. The van der Waals surface area contributed by atoms with Crippen LogP contribution in [0.5, 0.6) is 0 Å². The van der Waals surface area contributed by atoms with Crippen LogP contribution in [-0.2, 0) is 6.42 Å². The molecule has 2 heterocycles. The topological polar surface area (TPSA) is 57.5 Å². The highest BCUT2D eigenvalue weighted by atomic mass is 35.5. The largest absolute Gasteiger partial charge is 0.477 e. The molecule has 4 atom stereocenters. The van der Waals surface area contributed by atoms with Crippen molar-refractivity contribution in [2.75, 3.05) is 0 Å². The van der Waals surface area contributed by atoms with E-state index in [1.807, 2.05) is 22.9 Å². The van der Waals surface area contributed by atoms with Gasteiger partial charge in [0.1, 0.15) is 4.88 Å². The quantitative estimate of drug-likeness (QED) is 0.580. The average Bonchev–Trinajstić information content (AvgIpc) is 3.28. The van der Waals surface area contributed by atoms with E-state index in [1.54, 1.807) is 17.4 Å². The summed E-state index contributed by atoms with van der Waals surface area (Å²) in [6.45, 7) is 0. The number of aryl methyl sites for hydroxylation is 1. The Bertz CT molecular complexity index is 772. The summed E-state index contributed by atoms with van der Waals surface area (Å²) in [4.78, 5) is 12.4. The highest BCUT2D eigenvalue weighted by Crippen LogP contribution is 2.39. The summed E-state index contributed by atoms with van der Waals surface area (Å²) >= 11 is 9.39. The zero-order valence-electron chi connectivity index (χ0n) is 13.5. The van der Waals surface area contributed by atoms with Gasteiger partial charge in [0.15, 0.2) is 0 Å². The molecule has 0 aromatic carbocycles. The van der Waals surface area contributed by atoms with E-state index in [0.717, 1.165) is 29.7 Å². The van der Waals surface area contributed by atoms with Crippen LogP contribution in [0.2, 0.25) is 0 Å². The van der Waals surface area contributed by atoms with E-state index >= 15 is 0 Å². The molecule has 0 amide bonds. The minimum Gasteiger partial charge on any atom is -0.477 e. The Morgan fingerprint density at radius 3 is 2.88 bits per heavy atom. The maximum absolute atomic E-state index is 10.9. The van der Waals surface area contributed by atoms with Gasteiger partial charge in [0, 0.05) is 21.2 Å². The Morgan fingerprint density at radius 1 is 1.36 bits per heavy atom. The monoisotopic (exact) mass is 394 g/mol. The number of hydrogen-bond donors (Lipinski definition) is 2. The molecule has 1 aliphatic rings. The highest BCUT2D eigenvalue weighted by molar-refractivity contribution is 7.13. The second-order valence-electron chi connectivity index (χ2n) is 6.25. The summed E-state index contributed by atoms with van der Waals surface area (Å²) in [6, 6.07) is 5.51. The minimum atomic E-state index is -0.875. The summed E-state index contributed by atoms with van der Waals surface area (Å²) in [5.41, 5.74) is 0.980. The second-order valence-corrected chi connectivity index (χ2v) is 8.76. The Kier molecular flexibility index (Phi) is 6.19. The van der Waals surface area contributed by atoms with Crippen molar-refractivity contribution in [2.45, 2.75) is 37.2 Å². The lowest BCUT2D eigenvalue weighted by molar-refractivity contribution is 0.0702. The Balaban J connectivity index is 1.59. The van der Waals surface area contributed by atoms with Crippen LogP contribution < -0.4 is 0 Å². The van der Waals surface area contributed by atoms with Gasteiger partial charge in [-0.3, -0.25) is 0 Å². The Hall–Kier alpha value is -1.32. The van der Waals surface area contributed by atoms with E-state index in [4.69, 9.17) is 16.7 Å². The van der Waals surface area contributed by atoms with Crippen LogP contribution >= 0.6 is 34.3 Å². The average molecular weight is 395 g/mol. The van der Waals surface area contributed by atoms with Gasteiger partial charge < -0.3 is 10.2 Å². The number of halogens is 1. The van der Waals surface area contributed by atoms with Crippen LogP contribution in [-0.4, -0.2) is 27.7 Å². The molecule has 2 N–H and O–H groups in total. The molecule has 0 saturated heterocycles. The lowest BCUT2D eigenvalue weighted by atomic mass is 9.90. The second kappa shape index (κ2) is 8.37. The third-order valence-corrected chi connectivity index (χ3v) is 6.86. The van der Waals surface area contributed by atoms with Gasteiger partial charge in [0.2, 0.25) is 0 Å². The van der Waals surface area contributed by atoms with Crippen molar-refractivity contribution in [3.63, 3.8) is 0 Å². The van der Waals surface area contributed by atoms with Gasteiger partial charge >= 0.3 is 5.97 Å². The minimum absolute atomic E-state index is 0.0605. The number of alkyl halides is 1. The van der Waals surface area contributed by atoms with Gasteiger partial charge in [0.05, 0.1) is 12.0 Å². The Labute approximate surface area is 160 Å². The van der Waals surface area contributed by atoms with Crippen LogP contribution in [0.25, 0.3) is 0 Å². The van der Waals surface area contributed by atoms with Crippen LogP contribution in [0.4, 0.5) is 0 Å². The molecule has 132 valence electrons. The lowest BCUT2D eigenvalue weighted by Crippen LogP contribution is -2.19. The Morgan fingerprint density at radius 2 is 2.20 bits per heavy atom. The van der Waals surface area contributed by atoms with Gasteiger partial charge in [-0.25, -0.2) is 4.79 Å². The zero-order chi connectivity index (χ0) is 17.8. The van der Waals surface area contributed by atoms with Crippen molar-refractivity contribution < 1.29 is 15.0 Å². The molecule has 4 unspecified atom stereocenters. The van der Waals surface area contributed by atoms with Crippen LogP contribution in [0, 0.1) is 23.7 Å². The van der Waals surface area contributed by atoms with Crippen molar-refractivity contribution in [1.29, 1.82) is 0 Å². The standard InChI is InChI=1S/C19H19ClO3S2/c20-16-10-17(21)15(6-4-12-8-9-24-11-12)14(16)3-1-2-13-5-7-18(25-13)19(22)23/h5,7-9,11,14-17,21H,1-3,10H2,(H,22,23). The molecule has 1 fully saturated rings. The number of aliphatic hydroxyl groups is 1. The predicted octanol–water partition coefficient (Wildman–Crippen LogP) is 4.49. The normalized spacial score (nSPS) is 25.5. The SMILES string of the molecule is O=C(O)c1ccc(CCCC2C(Cl)CC(O)C2C#Cc2ccsc2)s1. The predicted molar refractivity (Wildman–Crippen MR) is 103 cm³/mol. The first-order valence-corrected chi connectivity index (χ1v) is 10.4. The lowest BCUT2D eigenvalue weighted by Gasteiger charge is -2.18. The molecule has 2 aromatic heterocycles. The summed E-state index contributed by atoms with van der Waals surface area (Å²) in [7, 11) is 0. The van der Waals surface area contributed by atoms with E-state index in [1.165, 1.54) is 11.3 Å². The van der Waals surface area contributed by atoms with Crippen molar-refractivity contribution in [3.05, 3.63) is 44.3 Å². The molecule has 0 bridgehead atoms. The summed E-state index contributed by atoms with van der Waals surface area (Å²) in [5, 5.41) is 23.2.